The van der Waals surface area contributed by atoms with Gasteiger partial charge in [-0.05, 0) is 30.3 Å². The van der Waals surface area contributed by atoms with E-state index in [0.717, 1.165) is 11.4 Å². The van der Waals surface area contributed by atoms with Gasteiger partial charge in [-0.3, -0.25) is 4.79 Å². The number of carbonyl (C=O) groups is 1. The Labute approximate surface area is 162 Å². The minimum Gasteiger partial charge on any atom is -0.484 e. The summed E-state index contributed by atoms with van der Waals surface area (Å²) < 4.78 is 5.47. The van der Waals surface area contributed by atoms with E-state index in [0.29, 0.717) is 11.4 Å². The molecule has 2 aromatic rings. The van der Waals surface area contributed by atoms with Gasteiger partial charge in [-0.2, -0.15) is 10.5 Å². The summed E-state index contributed by atoms with van der Waals surface area (Å²) in [5.74, 6) is 0.320. The van der Waals surface area contributed by atoms with E-state index in [1.807, 2.05) is 36.4 Å². The monoisotopic (exact) mass is 378 g/mol. The normalized spacial score (nSPS) is 12.3. The van der Waals surface area contributed by atoms with Crippen LogP contribution in [0.3, 0.4) is 0 Å². The van der Waals surface area contributed by atoms with Crippen molar-refractivity contribution < 1.29 is 9.53 Å². The zero-order valence-electron chi connectivity index (χ0n) is 14.7. The predicted molar refractivity (Wildman–Crippen MR) is 103 cm³/mol. The topological polar surface area (TPSA) is 80.4 Å². The molecule has 0 aromatic heterocycles. The molecule has 0 spiro atoms. The number of benzene rings is 2. The number of fused-ring (bicyclic) bond motifs is 1. The number of Topliss-reactive ketones (excluding diaryl/α,β-unsaturated/α-hetero) is 1. The second-order valence-corrected chi connectivity index (χ2v) is 6.29. The second-order valence-electron chi connectivity index (χ2n) is 5.89. The zero-order valence-corrected chi connectivity index (χ0v) is 15.5. The summed E-state index contributed by atoms with van der Waals surface area (Å²) in [7, 11) is 3.61. The summed E-state index contributed by atoms with van der Waals surface area (Å²) in [5, 5.41) is 18.7. The molecule has 0 saturated carbocycles. The first kappa shape index (κ1) is 18.3. The number of rotatable bonds is 4. The van der Waals surface area contributed by atoms with Gasteiger partial charge >= 0.3 is 0 Å². The van der Waals surface area contributed by atoms with Crippen LogP contribution in [-0.2, 0) is 4.79 Å². The molecule has 6 nitrogen and oxygen atoms in total. The second kappa shape index (κ2) is 7.41. The number of carbonyl (C=O) groups excluding carboxylic acids is 1. The van der Waals surface area contributed by atoms with Crippen molar-refractivity contribution in [3.05, 3.63) is 64.4 Å². The number of hydrogen-bond donors (Lipinski definition) is 0. The van der Waals surface area contributed by atoms with Crippen LogP contribution in [-0.4, -0.2) is 26.5 Å². The van der Waals surface area contributed by atoms with Crippen molar-refractivity contribution in [3.8, 4) is 17.9 Å². The maximum absolute atomic E-state index is 12.7. The largest absolute Gasteiger partial charge is 0.484 e. The standard InChI is InChI=1S/C20H15ClN4O2/c1-24-16-5-3-4-6-17(16)25(2)20(24)14(11-23)18(26)12-27-19-8-7-13(10-22)9-15(19)21/h3-9H,12H2,1-2H3. The highest BCUT2D eigenvalue weighted by atomic mass is 35.5. The number of nitriles is 2. The van der Waals surface area contributed by atoms with Crippen LogP contribution in [0.1, 0.15) is 5.56 Å². The van der Waals surface area contributed by atoms with Gasteiger partial charge in [-0.1, -0.05) is 23.7 Å². The Balaban J connectivity index is 1.85. The number of halogens is 1. The number of nitrogens with zero attached hydrogens (tertiary/aromatic N) is 4. The number of anilines is 2. The smallest absolute Gasteiger partial charge is 0.214 e. The number of para-hydroxylation sites is 2. The predicted octanol–water partition coefficient (Wildman–Crippen LogP) is 3.48. The van der Waals surface area contributed by atoms with Crippen molar-refractivity contribution in [1.29, 1.82) is 10.5 Å². The molecule has 0 N–H and O–H groups in total. The number of hydrogen-bond acceptors (Lipinski definition) is 6. The molecule has 0 amide bonds. The van der Waals surface area contributed by atoms with Gasteiger partial charge in [0.2, 0.25) is 5.78 Å². The Morgan fingerprint density at radius 2 is 1.74 bits per heavy atom. The van der Waals surface area contributed by atoms with Gasteiger partial charge < -0.3 is 14.5 Å². The Bertz CT molecular complexity index is 1000. The van der Waals surface area contributed by atoms with E-state index in [1.54, 1.807) is 30.0 Å². The van der Waals surface area contributed by atoms with E-state index in [2.05, 4.69) is 0 Å². The molecule has 1 aliphatic rings. The molecule has 2 aromatic carbocycles. The zero-order chi connectivity index (χ0) is 19.6. The molecule has 27 heavy (non-hydrogen) atoms. The third-order valence-corrected chi connectivity index (χ3v) is 4.57. The first-order valence-electron chi connectivity index (χ1n) is 8.04. The fourth-order valence-corrected chi connectivity index (χ4v) is 3.20. The highest BCUT2D eigenvalue weighted by Crippen LogP contribution is 2.40. The third kappa shape index (κ3) is 3.31. The fourth-order valence-electron chi connectivity index (χ4n) is 2.96. The lowest BCUT2D eigenvalue weighted by Gasteiger charge is -2.20. The van der Waals surface area contributed by atoms with Crippen LogP contribution in [0, 0.1) is 22.7 Å². The Morgan fingerprint density at radius 3 is 2.26 bits per heavy atom. The molecule has 7 heteroatoms. The van der Waals surface area contributed by atoms with Crippen LogP contribution in [0.4, 0.5) is 11.4 Å². The summed E-state index contributed by atoms with van der Waals surface area (Å²) in [5.41, 5.74) is 2.21. The number of ketones is 1. The summed E-state index contributed by atoms with van der Waals surface area (Å²) in [6, 6.07) is 16.1. The quantitative estimate of drug-likeness (QED) is 0.598. The third-order valence-electron chi connectivity index (χ3n) is 4.27. The Morgan fingerprint density at radius 1 is 1.11 bits per heavy atom. The maximum Gasteiger partial charge on any atom is 0.214 e. The Hall–Kier alpha value is -3.48. The van der Waals surface area contributed by atoms with Gasteiger partial charge in [-0.15, -0.1) is 0 Å². The summed E-state index contributed by atoms with van der Waals surface area (Å²) in [4.78, 5) is 16.3. The van der Waals surface area contributed by atoms with E-state index in [4.69, 9.17) is 21.6 Å². The van der Waals surface area contributed by atoms with Crippen molar-refractivity contribution >= 4 is 28.8 Å². The summed E-state index contributed by atoms with van der Waals surface area (Å²) >= 11 is 6.06. The lowest BCUT2D eigenvalue weighted by Crippen LogP contribution is -2.27. The first-order valence-corrected chi connectivity index (χ1v) is 8.42. The minimum absolute atomic E-state index is 0.000896. The molecular formula is C20H15ClN4O2. The average molecular weight is 379 g/mol. The van der Waals surface area contributed by atoms with Crippen LogP contribution < -0.4 is 14.5 Å². The number of ether oxygens (including phenoxy) is 1. The van der Waals surface area contributed by atoms with Gasteiger partial charge in [0.15, 0.2) is 6.61 Å². The van der Waals surface area contributed by atoms with Crippen LogP contribution in [0.25, 0.3) is 0 Å². The lowest BCUT2D eigenvalue weighted by atomic mass is 10.2. The van der Waals surface area contributed by atoms with Gasteiger partial charge in [0.1, 0.15) is 23.2 Å². The van der Waals surface area contributed by atoms with Crippen molar-refractivity contribution in [2.45, 2.75) is 0 Å². The first-order chi connectivity index (χ1) is 13.0. The van der Waals surface area contributed by atoms with E-state index in [9.17, 15) is 10.1 Å². The van der Waals surface area contributed by atoms with E-state index in [1.165, 1.54) is 12.1 Å². The molecule has 0 unspecified atom stereocenters. The van der Waals surface area contributed by atoms with Crippen LogP contribution in [0.15, 0.2) is 53.9 Å². The molecule has 3 rings (SSSR count). The maximum atomic E-state index is 12.7. The molecule has 0 saturated heterocycles. The fraction of sp³-hybridized carbons (Fsp3) is 0.150. The van der Waals surface area contributed by atoms with Crippen LogP contribution in [0.5, 0.6) is 5.75 Å². The molecule has 1 aliphatic heterocycles. The van der Waals surface area contributed by atoms with Crippen molar-refractivity contribution in [2.24, 2.45) is 0 Å². The van der Waals surface area contributed by atoms with Crippen molar-refractivity contribution in [3.63, 3.8) is 0 Å². The van der Waals surface area contributed by atoms with E-state index in [-0.39, 0.29) is 23.0 Å². The molecule has 0 atom stereocenters. The molecule has 0 aliphatic carbocycles. The van der Waals surface area contributed by atoms with Crippen LogP contribution >= 0.6 is 11.6 Å². The summed E-state index contributed by atoms with van der Waals surface area (Å²) in [6.07, 6.45) is 0. The van der Waals surface area contributed by atoms with Gasteiger partial charge in [0, 0.05) is 14.1 Å². The van der Waals surface area contributed by atoms with Crippen molar-refractivity contribution in [2.75, 3.05) is 30.5 Å². The molecule has 134 valence electrons. The van der Waals surface area contributed by atoms with Gasteiger partial charge in [-0.25, -0.2) is 0 Å². The molecule has 0 radical (unpaired) electrons. The summed E-state index contributed by atoms with van der Waals surface area (Å²) in [6.45, 7) is -0.337. The van der Waals surface area contributed by atoms with E-state index >= 15 is 0 Å². The van der Waals surface area contributed by atoms with Crippen LogP contribution in [0.2, 0.25) is 5.02 Å². The highest BCUT2D eigenvalue weighted by Gasteiger charge is 2.31. The lowest BCUT2D eigenvalue weighted by molar-refractivity contribution is -0.117. The molecule has 0 fully saturated rings. The molecular weight excluding hydrogens is 364 g/mol. The minimum atomic E-state index is -0.459. The SMILES string of the molecule is CN1C(=C(C#N)C(=O)COc2ccc(C#N)cc2Cl)N(C)c2ccccc21. The molecule has 0 bridgehead atoms. The molecule has 1 heterocycles. The highest BCUT2D eigenvalue weighted by molar-refractivity contribution is 6.32. The van der Waals surface area contributed by atoms with Gasteiger partial charge in [0.25, 0.3) is 0 Å². The van der Waals surface area contributed by atoms with E-state index < -0.39 is 5.78 Å². The van der Waals surface area contributed by atoms with Crippen molar-refractivity contribution in [1.82, 2.24) is 0 Å². The Kier molecular flexibility index (Phi) is 5.03. The average Bonchev–Trinajstić information content (AvgIpc) is 2.93. The van der Waals surface area contributed by atoms with Gasteiger partial charge in [0.05, 0.1) is 28.0 Å².